The molecule has 0 spiro atoms. The molecule has 0 bridgehead atoms. The number of carbonyl (C=O) groups is 1. The summed E-state index contributed by atoms with van der Waals surface area (Å²) in [6.45, 7) is 7.77. The van der Waals surface area contributed by atoms with Gasteiger partial charge in [0.05, 0.1) is 0 Å². The van der Waals surface area contributed by atoms with Gasteiger partial charge in [-0.1, -0.05) is 25.1 Å². The summed E-state index contributed by atoms with van der Waals surface area (Å²) >= 11 is 0. The zero-order valence-corrected chi connectivity index (χ0v) is 12.3. The van der Waals surface area contributed by atoms with E-state index >= 15 is 0 Å². The number of hydrogen-bond donors (Lipinski definition) is 1. The second-order valence-corrected chi connectivity index (χ2v) is 4.51. The Kier molecular flexibility index (Phi) is 6.36. The number of hydrogen-bond acceptors (Lipinski definition) is 3. The van der Waals surface area contributed by atoms with Crippen molar-refractivity contribution >= 4 is 5.91 Å². The molecule has 1 N–H and O–H groups in total. The first-order valence-electron chi connectivity index (χ1n) is 6.79. The van der Waals surface area contributed by atoms with Crippen LogP contribution in [0.25, 0.3) is 0 Å². The van der Waals surface area contributed by atoms with Gasteiger partial charge in [-0.3, -0.25) is 4.79 Å². The highest BCUT2D eigenvalue weighted by atomic mass is 16.5. The van der Waals surface area contributed by atoms with Gasteiger partial charge in [0.1, 0.15) is 5.75 Å². The number of para-hydroxylation sites is 1. The lowest BCUT2D eigenvalue weighted by Gasteiger charge is -2.19. The third kappa shape index (κ3) is 4.56. The summed E-state index contributed by atoms with van der Waals surface area (Å²) in [7, 11) is 1.78. The molecule has 4 nitrogen and oxygen atoms in total. The molecule has 1 aromatic carbocycles. The first kappa shape index (κ1) is 15.5. The van der Waals surface area contributed by atoms with Crippen molar-refractivity contribution in [3.05, 3.63) is 29.8 Å². The second kappa shape index (κ2) is 7.79. The van der Waals surface area contributed by atoms with Crippen LogP contribution in [0.2, 0.25) is 0 Å². The van der Waals surface area contributed by atoms with E-state index in [1.807, 2.05) is 31.2 Å². The monoisotopic (exact) mass is 264 g/mol. The zero-order valence-electron chi connectivity index (χ0n) is 12.3. The highest BCUT2D eigenvalue weighted by Gasteiger charge is 2.12. The second-order valence-electron chi connectivity index (χ2n) is 4.51. The molecule has 0 saturated carbocycles. The minimum absolute atomic E-state index is 0.00610. The minimum atomic E-state index is -0.00610. The molecule has 1 amide bonds. The van der Waals surface area contributed by atoms with Crippen molar-refractivity contribution < 1.29 is 9.53 Å². The summed E-state index contributed by atoms with van der Waals surface area (Å²) in [5.74, 6) is 0.766. The summed E-state index contributed by atoms with van der Waals surface area (Å²) in [6.07, 6.45) is 0. The molecule has 1 unspecified atom stereocenters. The van der Waals surface area contributed by atoms with Gasteiger partial charge in [-0.05, 0) is 26.5 Å². The Hall–Kier alpha value is -1.55. The molecule has 0 aliphatic heterocycles. The molecule has 0 aromatic heterocycles. The van der Waals surface area contributed by atoms with Crippen molar-refractivity contribution in [3.8, 4) is 5.75 Å². The normalized spacial score (nSPS) is 12.0. The van der Waals surface area contributed by atoms with Crippen LogP contribution in [0.15, 0.2) is 24.3 Å². The fourth-order valence-electron chi connectivity index (χ4n) is 1.81. The Labute approximate surface area is 115 Å². The van der Waals surface area contributed by atoms with Gasteiger partial charge in [-0.2, -0.15) is 0 Å². The highest BCUT2D eigenvalue weighted by Crippen LogP contribution is 2.24. The Bertz CT molecular complexity index is 407. The summed E-state index contributed by atoms with van der Waals surface area (Å²) in [4.78, 5) is 13.4. The quantitative estimate of drug-likeness (QED) is 0.821. The van der Waals surface area contributed by atoms with Crippen LogP contribution in [0, 0.1) is 0 Å². The van der Waals surface area contributed by atoms with Crippen LogP contribution < -0.4 is 10.1 Å². The molecule has 1 rings (SSSR count). The van der Waals surface area contributed by atoms with Crippen LogP contribution >= 0.6 is 0 Å². The van der Waals surface area contributed by atoms with Gasteiger partial charge in [0.15, 0.2) is 6.61 Å². The van der Waals surface area contributed by atoms with Crippen molar-refractivity contribution in [2.75, 3.05) is 26.7 Å². The van der Waals surface area contributed by atoms with E-state index in [0.717, 1.165) is 17.9 Å². The lowest BCUT2D eigenvalue weighted by molar-refractivity contribution is -0.131. The first-order valence-corrected chi connectivity index (χ1v) is 6.79. The van der Waals surface area contributed by atoms with E-state index < -0.39 is 0 Å². The third-order valence-corrected chi connectivity index (χ3v) is 3.15. The number of nitrogens with zero attached hydrogens (tertiary/aromatic N) is 1. The summed E-state index contributed by atoms with van der Waals surface area (Å²) in [5.41, 5.74) is 1.08. The van der Waals surface area contributed by atoms with E-state index in [9.17, 15) is 4.79 Å². The van der Waals surface area contributed by atoms with E-state index in [0.29, 0.717) is 6.54 Å². The molecule has 0 aliphatic rings. The van der Waals surface area contributed by atoms with Gasteiger partial charge < -0.3 is 15.0 Å². The van der Waals surface area contributed by atoms with E-state index in [4.69, 9.17) is 4.74 Å². The van der Waals surface area contributed by atoms with E-state index in [2.05, 4.69) is 19.2 Å². The van der Waals surface area contributed by atoms with Crippen LogP contribution in [0.1, 0.15) is 32.4 Å². The van der Waals surface area contributed by atoms with Crippen molar-refractivity contribution in [1.29, 1.82) is 0 Å². The van der Waals surface area contributed by atoms with Crippen molar-refractivity contribution in [2.45, 2.75) is 26.8 Å². The fourth-order valence-corrected chi connectivity index (χ4v) is 1.81. The van der Waals surface area contributed by atoms with Gasteiger partial charge >= 0.3 is 0 Å². The SMILES string of the molecule is CCNC(C)c1ccccc1OCC(=O)N(C)CC. The predicted molar refractivity (Wildman–Crippen MR) is 77.3 cm³/mol. The molecular formula is C15H24N2O2. The predicted octanol–water partition coefficient (Wildman–Crippen LogP) is 2.21. The van der Waals surface area contributed by atoms with E-state index in [1.54, 1.807) is 11.9 Å². The van der Waals surface area contributed by atoms with E-state index in [-0.39, 0.29) is 18.6 Å². The van der Waals surface area contributed by atoms with Gasteiger partial charge in [0.2, 0.25) is 0 Å². The fraction of sp³-hybridized carbons (Fsp3) is 0.533. The molecule has 0 heterocycles. The number of amides is 1. The maximum atomic E-state index is 11.7. The zero-order chi connectivity index (χ0) is 14.3. The summed E-state index contributed by atoms with van der Waals surface area (Å²) in [6, 6.07) is 8.04. The summed E-state index contributed by atoms with van der Waals surface area (Å²) in [5, 5.41) is 3.35. The molecular weight excluding hydrogens is 240 g/mol. The minimum Gasteiger partial charge on any atom is -0.483 e. The average Bonchev–Trinajstić information content (AvgIpc) is 2.44. The first-order chi connectivity index (χ1) is 9.10. The van der Waals surface area contributed by atoms with Gasteiger partial charge in [0, 0.05) is 25.2 Å². The average molecular weight is 264 g/mol. The van der Waals surface area contributed by atoms with Crippen LogP contribution in [0.4, 0.5) is 0 Å². The van der Waals surface area contributed by atoms with Gasteiger partial charge in [0.25, 0.3) is 5.91 Å². The largest absolute Gasteiger partial charge is 0.483 e. The lowest BCUT2D eigenvalue weighted by atomic mass is 10.1. The number of nitrogens with one attached hydrogen (secondary N) is 1. The third-order valence-electron chi connectivity index (χ3n) is 3.15. The Balaban J connectivity index is 2.70. The molecule has 1 aromatic rings. The molecule has 4 heteroatoms. The maximum absolute atomic E-state index is 11.7. The van der Waals surface area contributed by atoms with Crippen molar-refractivity contribution in [2.24, 2.45) is 0 Å². The molecule has 19 heavy (non-hydrogen) atoms. The molecule has 0 fully saturated rings. The molecule has 0 aliphatic carbocycles. The van der Waals surface area contributed by atoms with E-state index in [1.165, 1.54) is 0 Å². The van der Waals surface area contributed by atoms with Crippen LogP contribution in [0.3, 0.4) is 0 Å². The van der Waals surface area contributed by atoms with Gasteiger partial charge in [-0.15, -0.1) is 0 Å². The Morgan fingerprint density at radius 1 is 1.37 bits per heavy atom. The maximum Gasteiger partial charge on any atom is 0.260 e. The molecule has 0 radical (unpaired) electrons. The number of benzene rings is 1. The van der Waals surface area contributed by atoms with Crippen molar-refractivity contribution in [1.82, 2.24) is 10.2 Å². The number of likely N-dealkylation sites (N-methyl/N-ethyl adjacent to an activating group) is 1. The summed E-state index contributed by atoms with van der Waals surface area (Å²) < 4.78 is 5.66. The number of ether oxygens (including phenoxy) is 1. The smallest absolute Gasteiger partial charge is 0.260 e. The van der Waals surface area contributed by atoms with Crippen LogP contribution in [0.5, 0.6) is 5.75 Å². The van der Waals surface area contributed by atoms with Crippen LogP contribution in [-0.4, -0.2) is 37.6 Å². The Morgan fingerprint density at radius 2 is 2.05 bits per heavy atom. The van der Waals surface area contributed by atoms with Crippen LogP contribution in [-0.2, 0) is 4.79 Å². The van der Waals surface area contributed by atoms with Crippen molar-refractivity contribution in [3.63, 3.8) is 0 Å². The molecule has 1 atom stereocenters. The van der Waals surface area contributed by atoms with Gasteiger partial charge in [-0.25, -0.2) is 0 Å². The number of rotatable bonds is 7. The molecule has 106 valence electrons. The topological polar surface area (TPSA) is 41.6 Å². The molecule has 0 saturated heterocycles. The number of carbonyl (C=O) groups excluding carboxylic acids is 1. The standard InChI is InChI=1S/C15H24N2O2/c1-5-16-12(3)13-9-7-8-10-14(13)19-11-15(18)17(4)6-2/h7-10,12,16H,5-6,11H2,1-4H3. The Morgan fingerprint density at radius 3 is 2.68 bits per heavy atom. The highest BCUT2D eigenvalue weighted by molar-refractivity contribution is 5.77. The lowest BCUT2D eigenvalue weighted by Crippen LogP contribution is -2.31.